The molecule has 2 radical (unpaired) electrons. The Morgan fingerprint density at radius 3 is 2.53 bits per heavy atom. The fraction of sp³-hybridized carbons (Fsp3) is 0.500. The highest BCUT2D eigenvalue weighted by atomic mass is 16.6. The number of fused-ring (bicyclic) bond motifs is 1. The zero-order valence-electron chi connectivity index (χ0n) is 21.6. The highest BCUT2D eigenvalue weighted by Gasteiger charge is 2.22. The lowest BCUT2D eigenvalue weighted by Crippen LogP contribution is -2.49. The topological polar surface area (TPSA) is 104 Å². The molecule has 36 heavy (non-hydrogen) atoms. The number of rotatable bonds is 11. The molecular weight excluding hydrogens is 453 g/mol. The second-order valence-corrected chi connectivity index (χ2v) is 9.83. The Labute approximate surface area is 216 Å². The first-order chi connectivity index (χ1) is 17.2. The minimum Gasteiger partial charge on any atom is -0.486 e. The number of hydrogen-bond acceptors (Lipinski definition) is 6. The Kier molecular flexibility index (Phi) is 12.3. The molecule has 3 N–H and O–H groups in total. The van der Waals surface area contributed by atoms with Crippen molar-refractivity contribution >= 4 is 13.7 Å². The average Bonchev–Trinajstić information content (AvgIpc) is 2.84. The van der Waals surface area contributed by atoms with Crippen LogP contribution in [0, 0.1) is 23.7 Å². The summed E-state index contributed by atoms with van der Waals surface area (Å²) < 4.78 is 10.7. The summed E-state index contributed by atoms with van der Waals surface area (Å²) in [6.45, 7) is 8.72. The van der Waals surface area contributed by atoms with Crippen LogP contribution in [0.2, 0.25) is 0 Å². The van der Waals surface area contributed by atoms with E-state index in [-0.39, 0.29) is 5.41 Å². The number of carbonyl (C=O) groups is 1. The van der Waals surface area contributed by atoms with Gasteiger partial charge in [-0.15, -0.1) is 0 Å². The van der Waals surface area contributed by atoms with Crippen molar-refractivity contribution in [2.45, 2.75) is 58.6 Å². The molecule has 1 heterocycles. The molecule has 2 aromatic carbocycles. The van der Waals surface area contributed by atoms with Crippen molar-refractivity contribution in [3.8, 4) is 17.6 Å². The monoisotopic (exact) mass is 491 g/mol. The van der Waals surface area contributed by atoms with Gasteiger partial charge in [0.2, 0.25) is 7.85 Å². The van der Waals surface area contributed by atoms with Crippen molar-refractivity contribution in [1.82, 2.24) is 10.6 Å². The molecule has 0 aromatic heterocycles. The summed E-state index contributed by atoms with van der Waals surface area (Å²) in [6, 6.07) is 17.3. The first-order valence-electron chi connectivity index (χ1n) is 12.4. The van der Waals surface area contributed by atoms with Crippen molar-refractivity contribution in [3.05, 3.63) is 59.7 Å². The lowest BCUT2D eigenvalue weighted by molar-refractivity contribution is 0.125. The number of nitrogens with one attached hydrogen (secondary N) is 2. The standard InChI is InChI=1S/C19H28BN3O2.C9H10O2/c1-19(2,10-6-7-11-21)14-22-13-17(24)16(23-18(20)25)12-15-8-4-3-5-9-15;1-7-2-3-8-9(6-7)11-5-4-10-8/h3-5,8-9,16-17,22,24H,6-7,10,12-14H2,1-2H3,(H,23,25);2-3,6H,4-5H2,1H3/t16-,17+;/m0./s1. The minimum absolute atomic E-state index is 0.0443. The van der Waals surface area contributed by atoms with E-state index in [0.29, 0.717) is 32.6 Å². The SMILES string of the molecule is Cc1ccc2c(c1)OCCO2.[B]C(=O)N[C@@H](Cc1ccccc1)[C@H](O)CNCC(C)(C)CCCC#N. The van der Waals surface area contributed by atoms with Gasteiger partial charge in [0.25, 0.3) is 0 Å². The van der Waals surface area contributed by atoms with Gasteiger partial charge in [0, 0.05) is 19.5 Å². The van der Waals surface area contributed by atoms with Crippen LogP contribution in [0.1, 0.15) is 44.2 Å². The van der Waals surface area contributed by atoms with E-state index >= 15 is 0 Å². The predicted molar refractivity (Wildman–Crippen MR) is 143 cm³/mol. The third-order valence-electron chi connectivity index (χ3n) is 5.89. The molecule has 0 spiro atoms. The van der Waals surface area contributed by atoms with Crippen LogP contribution >= 0.6 is 0 Å². The Morgan fingerprint density at radius 2 is 1.86 bits per heavy atom. The molecule has 0 saturated carbocycles. The molecule has 0 fully saturated rings. The lowest BCUT2D eigenvalue weighted by atomic mass is 9.87. The van der Waals surface area contributed by atoms with Crippen LogP contribution < -0.4 is 20.1 Å². The molecule has 192 valence electrons. The lowest BCUT2D eigenvalue weighted by Gasteiger charge is -2.28. The maximum Gasteiger partial charge on any atom is 0.200 e. The highest BCUT2D eigenvalue weighted by Crippen LogP contribution is 2.30. The van der Waals surface area contributed by atoms with Crippen LogP contribution in [0.15, 0.2) is 48.5 Å². The summed E-state index contributed by atoms with van der Waals surface area (Å²) in [4.78, 5) is 11.2. The molecule has 2 atom stereocenters. The van der Waals surface area contributed by atoms with E-state index in [1.54, 1.807) is 0 Å². The molecule has 0 saturated heterocycles. The number of amides is 1. The van der Waals surface area contributed by atoms with Crippen molar-refractivity contribution in [3.63, 3.8) is 0 Å². The summed E-state index contributed by atoms with van der Waals surface area (Å²) >= 11 is 0. The number of nitriles is 1. The molecule has 3 rings (SSSR count). The molecule has 0 bridgehead atoms. The molecule has 1 aliphatic heterocycles. The molecule has 0 aliphatic carbocycles. The maximum atomic E-state index is 11.2. The molecule has 7 nitrogen and oxygen atoms in total. The van der Waals surface area contributed by atoms with Crippen molar-refractivity contribution in [2.75, 3.05) is 26.3 Å². The number of benzene rings is 2. The highest BCUT2D eigenvalue weighted by molar-refractivity contribution is 6.57. The van der Waals surface area contributed by atoms with Crippen molar-refractivity contribution < 1.29 is 19.4 Å². The summed E-state index contributed by atoms with van der Waals surface area (Å²) in [5.74, 6) is 1.09. The summed E-state index contributed by atoms with van der Waals surface area (Å²) in [5, 5.41) is 25.0. The van der Waals surface area contributed by atoms with Crippen molar-refractivity contribution in [1.29, 1.82) is 5.26 Å². The number of ether oxygens (including phenoxy) is 2. The summed E-state index contributed by atoms with van der Waals surface area (Å²) in [6.07, 6.45) is 2.14. The smallest absolute Gasteiger partial charge is 0.200 e. The van der Waals surface area contributed by atoms with Crippen LogP contribution in [0.3, 0.4) is 0 Å². The zero-order valence-corrected chi connectivity index (χ0v) is 21.6. The van der Waals surface area contributed by atoms with Gasteiger partial charge >= 0.3 is 0 Å². The molecule has 0 unspecified atom stereocenters. The number of aryl methyl sites for hydroxylation is 1. The summed E-state index contributed by atoms with van der Waals surface area (Å²) in [7, 11) is 5.24. The van der Waals surface area contributed by atoms with Gasteiger partial charge in [-0.2, -0.15) is 5.26 Å². The first kappa shape index (κ1) is 29.2. The number of carbonyl (C=O) groups excluding carboxylic acids is 1. The van der Waals surface area contributed by atoms with Crippen LogP contribution in [0.4, 0.5) is 4.79 Å². The summed E-state index contributed by atoms with van der Waals surface area (Å²) in [5.41, 5.74) is 2.27. The molecular formula is C28H38BN3O4. The van der Waals surface area contributed by atoms with E-state index in [0.717, 1.165) is 36.4 Å². The van der Waals surface area contributed by atoms with Gasteiger partial charge in [0.05, 0.1) is 18.2 Å². The number of aliphatic hydroxyl groups excluding tert-OH is 1. The average molecular weight is 491 g/mol. The van der Waals surface area contributed by atoms with E-state index < -0.39 is 18.0 Å². The quantitative estimate of drug-likeness (QED) is 0.325. The van der Waals surface area contributed by atoms with Crippen LogP contribution in [-0.2, 0) is 6.42 Å². The van der Waals surface area contributed by atoms with Crippen LogP contribution in [0.25, 0.3) is 0 Å². The van der Waals surface area contributed by atoms with Crippen molar-refractivity contribution in [2.24, 2.45) is 5.41 Å². The van der Waals surface area contributed by atoms with E-state index in [9.17, 15) is 9.90 Å². The second kappa shape index (κ2) is 15.2. The van der Waals surface area contributed by atoms with Gasteiger partial charge < -0.3 is 25.2 Å². The minimum atomic E-state index is -0.748. The van der Waals surface area contributed by atoms with Gasteiger partial charge in [-0.25, -0.2) is 0 Å². The number of nitrogens with zero attached hydrogens (tertiary/aromatic N) is 1. The third kappa shape index (κ3) is 11.2. The molecule has 1 amide bonds. The number of hydrogen-bond donors (Lipinski definition) is 3. The number of unbranched alkanes of at least 4 members (excludes halogenated alkanes) is 1. The Hall–Kier alpha value is -3.02. The van der Waals surface area contributed by atoms with E-state index in [1.807, 2.05) is 55.5 Å². The fourth-order valence-corrected chi connectivity index (χ4v) is 3.92. The predicted octanol–water partition coefficient (Wildman–Crippen LogP) is 3.91. The Morgan fingerprint density at radius 1 is 1.17 bits per heavy atom. The fourth-order valence-electron chi connectivity index (χ4n) is 3.92. The Bertz CT molecular complexity index is 979. The van der Waals surface area contributed by atoms with E-state index in [4.69, 9.17) is 22.6 Å². The normalized spacial score (nSPS) is 14.0. The van der Waals surface area contributed by atoms with E-state index in [1.165, 1.54) is 5.56 Å². The van der Waals surface area contributed by atoms with E-state index in [2.05, 4.69) is 30.6 Å². The Balaban J connectivity index is 0.000000340. The molecule has 8 heteroatoms. The third-order valence-corrected chi connectivity index (χ3v) is 5.89. The van der Waals surface area contributed by atoms with Gasteiger partial charge in [-0.05, 0) is 54.9 Å². The van der Waals surface area contributed by atoms with Crippen LogP contribution in [0.5, 0.6) is 11.5 Å². The van der Waals surface area contributed by atoms with Gasteiger partial charge in [-0.3, -0.25) is 4.79 Å². The van der Waals surface area contributed by atoms with Gasteiger partial charge in [-0.1, -0.05) is 50.2 Å². The maximum absolute atomic E-state index is 11.2. The largest absolute Gasteiger partial charge is 0.486 e. The molecule has 1 aliphatic rings. The van der Waals surface area contributed by atoms with Crippen LogP contribution in [-0.4, -0.2) is 57.2 Å². The van der Waals surface area contributed by atoms with Gasteiger partial charge in [0.1, 0.15) is 13.2 Å². The second-order valence-electron chi connectivity index (χ2n) is 9.83. The first-order valence-corrected chi connectivity index (χ1v) is 12.4. The number of aliphatic hydroxyl groups is 1. The zero-order chi connectivity index (χ0) is 26.4. The molecule has 2 aromatic rings. The van der Waals surface area contributed by atoms with Gasteiger partial charge in [0.15, 0.2) is 17.3 Å².